The average Bonchev–Trinajstić information content (AvgIpc) is 2.56. The Kier molecular flexibility index (Phi) is 6.17. The first kappa shape index (κ1) is 21.5. The van der Waals surface area contributed by atoms with Crippen LogP contribution in [0.1, 0.15) is 6.92 Å². The van der Waals surface area contributed by atoms with Gasteiger partial charge in [-0.25, -0.2) is 12.8 Å². The number of benzene rings is 2. The molecule has 0 aromatic heterocycles. The van der Waals surface area contributed by atoms with Crippen LogP contribution in [0.25, 0.3) is 0 Å². The van der Waals surface area contributed by atoms with Gasteiger partial charge in [-0.2, -0.15) is 0 Å². The van der Waals surface area contributed by atoms with Gasteiger partial charge in [-0.05, 0) is 43.3 Å². The Balaban J connectivity index is 2.21. The SMILES string of the molecule is CC(C(=O)Nc1ccc(OC(F)(F)F)cc1)N(c1ccccc1F)S(C)(=O)=O. The van der Waals surface area contributed by atoms with Crippen molar-refractivity contribution in [2.45, 2.75) is 19.3 Å². The normalized spacial score (nSPS) is 12.9. The maximum absolute atomic E-state index is 14.1. The molecular formula is C17H16F4N2O4S. The molecule has 0 radical (unpaired) electrons. The van der Waals surface area contributed by atoms with Crippen LogP contribution in [-0.4, -0.2) is 33.0 Å². The van der Waals surface area contributed by atoms with Gasteiger partial charge in [0.1, 0.15) is 17.6 Å². The number of amides is 1. The number of nitrogens with zero attached hydrogens (tertiary/aromatic N) is 1. The minimum absolute atomic E-state index is 0.105. The van der Waals surface area contributed by atoms with Gasteiger partial charge in [0.15, 0.2) is 0 Å². The molecule has 1 atom stereocenters. The Morgan fingerprint density at radius 1 is 1.11 bits per heavy atom. The Bertz CT molecular complexity index is 946. The lowest BCUT2D eigenvalue weighted by molar-refractivity contribution is -0.274. The number of alkyl halides is 3. The Labute approximate surface area is 158 Å². The van der Waals surface area contributed by atoms with Crippen LogP contribution in [0.3, 0.4) is 0 Å². The van der Waals surface area contributed by atoms with Gasteiger partial charge in [0, 0.05) is 5.69 Å². The van der Waals surface area contributed by atoms with E-state index in [1.54, 1.807) is 0 Å². The molecule has 28 heavy (non-hydrogen) atoms. The van der Waals surface area contributed by atoms with Gasteiger partial charge >= 0.3 is 6.36 Å². The minimum atomic E-state index is -4.85. The van der Waals surface area contributed by atoms with Crippen molar-refractivity contribution in [1.29, 1.82) is 0 Å². The standard InChI is InChI=1S/C17H16F4N2O4S/c1-11(23(28(2,25)26)15-6-4-3-5-14(15)18)16(24)22-12-7-9-13(10-8-12)27-17(19,20)21/h3-11H,1-2H3,(H,22,24). The quantitative estimate of drug-likeness (QED) is 0.726. The smallest absolute Gasteiger partial charge is 0.406 e. The molecule has 0 spiro atoms. The first-order valence-electron chi connectivity index (χ1n) is 7.79. The minimum Gasteiger partial charge on any atom is -0.406 e. The van der Waals surface area contributed by atoms with Gasteiger partial charge in [-0.3, -0.25) is 9.10 Å². The second-order valence-corrected chi connectivity index (χ2v) is 7.61. The molecule has 0 fully saturated rings. The molecule has 0 heterocycles. The number of rotatable bonds is 6. The first-order valence-corrected chi connectivity index (χ1v) is 9.64. The summed E-state index contributed by atoms with van der Waals surface area (Å²) in [5, 5.41) is 2.37. The van der Waals surface area contributed by atoms with Crippen molar-refractivity contribution in [3.63, 3.8) is 0 Å². The van der Waals surface area contributed by atoms with Crippen LogP contribution in [0.4, 0.5) is 28.9 Å². The summed E-state index contributed by atoms with van der Waals surface area (Å²) in [7, 11) is -4.02. The van der Waals surface area contributed by atoms with E-state index in [1.807, 2.05) is 0 Å². The third-order valence-electron chi connectivity index (χ3n) is 3.53. The lowest BCUT2D eigenvalue weighted by Gasteiger charge is -2.28. The van der Waals surface area contributed by atoms with E-state index in [9.17, 15) is 30.8 Å². The highest BCUT2D eigenvalue weighted by Gasteiger charge is 2.32. The summed E-state index contributed by atoms with van der Waals surface area (Å²) < 4.78 is 79.1. The molecule has 2 rings (SSSR count). The molecule has 2 aromatic rings. The molecule has 0 saturated heterocycles. The molecule has 1 amide bonds. The van der Waals surface area contributed by atoms with E-state index in [2.05, 4.69) is 10.1 Å². The van der Waals surface area contributed by atoms with Crippen molar-refractivity contribution in [2.75, 3.05) is 15.9 Å². The predicted molar refractivity (Wildman–Crippen MR) is 94.9 cm³/mol. The molecular weight excluding hydrogens is 404 g/mol. The summed E-state index contributed by atoms with van der Waals surface area (Å²) in [6.07, 6.45) is -4.03. The molecule has 0 aliphatic heterocycles. The molecule has 0 bridgehead atoms. The summed E-state index contributed by atoms with van der Waals surface area (Å²) >= 11 is 0. The number of nitrogens with one attached hydrogen (secondary N) is 1. The number of ether oxygens (including phenoxy) is 1. The number of hydrogen-bond donors (Lipinski definition) is 1. The number of para-hydroxylation sites is 1. The molecule has 152 valence electrons. The third kappa shape index (κ3) is 5.59. The summed E-state index contributed by atoms with van der Waals surface area (Å²) in [5.74, 6) is -2.12. The van der Waals surface area contributed by atoms with Crippen LogP contribution in [0.15, 0.2) is 48.5 Å². The van der Waals surface area contributed by atoms with Gasteiger partial charge in [0.25, 0.3) is 0 Å². The van der Waals surface area contributed by atoms with Gasteiger partial charge in [-0.15, -0.1) is 13.2 Å². The van der Waals surface area contributed by atoms with Crippen molar-refractivity contribution >= 4 is 27.3 Å². The van der Waals surface area contributed by atoms with Crippen molar-refractivity contribution in [3.8, 4) is 5.75 Å². The number of carbonyl (C=O) groups is 1. The maximum Gasteiger partial charge on any atom is 0.573 e. The van der Waals surface area contributed by atoms with Crippen molar-refractivity contribution in [2.24, 2.45) is 0 Å². The molecule has 0 saturated carbocycles. The van der Waals surface area contributed by atoms with Gasteiger partial charge in [-0.1, -0.05) is 12.1 Å². The molecule has 6 nitrogen and oxygen atoms in total. The monoisotopic (exact) mass is 420 g/mol. The zero-order chi connectivity index (χ0) is 21.1. The zero-order valence-corrected chi connectivity index (χ0v) is 15.5. The van der Waals surface area contributed by atoms with E-state index in [0.29, 0.717) is 4.31 Å². The third-order valence-corrected chi connectivity index (χ3v) is 4.76. The molecule has 0 aliphatic rings. The Hall–Kier alpha value is -2.82. The number of sulfonamides is 1. The van der Waals surface area contributed by atoms with Crippen LogP contribution in [0.5, 0.6) is 5.75 Å². The maximum atomic E-state index is 14.1. The van der Waals surface area contributed by atoms with E-state index in [4.69, 9.17) is 0 Å². The highest BCUT2D eigenvalue weighted by molar-refractivity contribution is 7.92. The van der Waals surface area contributed by atoms with Crippen molar-refractivity contribution in [1.82, 2.24) is 0 Å². The van der Waals surface area contributed by atoms with E-state index < -0.39 is 39.9 Å². The topological polar surface area (TPSA) is 75.7 Å². The second-order valence-electron chi connectivity index (χ2n) is 5.75. The van der Waals surface area contributed by atoms with Crippen LogP contribution in [0, 0.1) is 5.82 Å². The molecule has 11 heteroatoms. The molecule has 0 aliphatic carbocycles. The largest absolute Gasteiger partial charge is 0.573 e. The van der Waals surface area contributed by atoms with Gasteiger partial charge in [0.05, 0.1) is 11.9 Å². The second kappa shape index (κ2) is 8.05. The average molecular weight is 420 g/mol. The van der Waals surface area contributed by atoms with E-state index in [-0.39, 0.29) is 11.4 Å². The number of anilines is 2. The van der Waals surface area contributed by atoms with Crippen LogP contribution < -0.4 is 14.4 Å². The zero-order valence-electron chi connectivity index (χ0n) is 14.7. The van der Waals surface area contributed by atoms with E-state index in [1.165, 1.54) is 25.1 Å². The lowest BCUT2D eigenvalue weighted by atomic mass is 10.2. The molecule has 1 unspecified atom stereocenters. The van der Waals surface area contributed by atoms with Gasteiger partial charge in [0.2, 0.25) is 15.9 Å². The predicted octanol–water partition coefficient (Wildman–Crippen LogP) is 3.52. The van der Waals surface area contributed by atoms with Gasteiger partial charge < -0.3 is 10.1 Å². The number of carbonyl (C=O) groups excluding carboxylic acids is 1. The lowest BCUT2D eigenvalue weighted by Crippen LogP contribution is -2.45. The number of halogens is 4. The molecule has 1 N–H and O–H groups in total. The molecule has 2 aromatic carbocycles. The fourth-order valence-electron chi connectivity index (χ4n) is 2.40. The van der Waals surface area contributed by atoms with Crippen molar-refractivity contribution in [3.05, 3.63) is 54.3 Å². The van der Waals surface area contributed by atoms with Crippen LogP contribution >= 0.6 is 0 Å². The highest BCUT2D eigenvalue weighted by Crippen LogP contribution is 2.26. The number of hydrogen-bond acceptors (Lipinski definition) is 4. The van der Waals surface area contributed by atoms with E-state index >= 15 is 0 Å². The summed E-state index contributed by atoms with van der Waals surface area (Å²) in [6, 6.07) is 7.99. The van der Waals surface area contributed by atoms with E-state index in [0.717, 1.165) is 36.6 Å². The summed E-state index contributed by atoms with van der Waals surface area (Å²) in [4.78, 5) is 12.4. The highest BCUT2D eigenvalue weighted by atomic mass is 32.2. The fourth-order valence-corrected chi connectivity index (χ4v) is 3.57. The van der Waals surface area contributed by atoms with Crippen LogP contribution in [0.2, 0.25) is 0 Å². The fraction of sp³-hybridized carbons (Fsp3) is 0.235. The van der Waals surface area contributed by atoms with Crippen LogP contribution in [-0.2, 0) is 14.8 Å². The summed E-state index contributed by atoms with van der Waals surface area (Å²) in [5.41, 5.74) is -0.199. The summed E-state index contributed by atoms with van der Waals surface area (Å²) in [6.45, 7) is 1.25. The van der Waals surface area contributed by atoms with Crippen molar-refractivity contribution < 1.29 is 35.5 Å². The first-order chi connectivity index (χ1) is 12.9. The Morgan fingerprint density at radius 3 is 2.18 bits per heavy atom. The Morgan fingerprint density at radius 2 is 1.68 bits per heavy atom.